The van der Waals surface area contributed by atoms with E-state index in [1.165, 1.54) is 26.0 Å². The van der Waals surface area contributed by atoms with Crippen LogP contribution in [0.5, 0.6) is 0 Å². The van der Waals surface area contributed by atoms with Gasteiger partial charge in [-0.25, -0.2) is 8.78 Å². The van der Waals surface area contributed by atoms with Gasteiger partial charge in [-0.15, -0.1) is 0 Å². The second kappa shape index (κ2) is 15.1. The number of aromatic nitrogens is 1. The minimum absolute atomic E-state index is 0.00797. The highest BCUT2D eigenvalue weighted by atomic mass is 19.4. The standard InChI is InChI=1S/C34H37F8N3O4/c1-17(2)12-25(45-16-20(10-11-44(5)6)22(14-26(45)46)33(37,38)39)32(49)43-24(15-27(47)48)29-30(35)21(13-23(31(29)36)34(40,41)42)28-18(3)8-7-9-19(28)4/h7-9,13-14,16-17,24-25H,10-12,15H2,1-6H3,(H,43,49)(H,47,48)/t24-,25?/m0/s1. The number of likely N-dealkylation sites (N-methyl/N-ethyl adjacent to an activating group) is 1. The maximum Gasteiger partial charge on any atom is 0.419 e. The number of carboxylic acids is 1. The van der Waals surface area contributed by atoms with Crippen molar-refractivity contribution in [3.63, 3.8) is 0 Å². The number of rotatable bonds is 12. The van der Waals surface area contributed by atoms with Crippen molar-refractivity contribution in [1.82, 2.24) is 14.8 Å². The Kier molecular flexibility index (Phi) is 12.1. The van der Waals surface area contributed by atoms with Crippen LogP contribution in [0.1, 0.15) is 72.2 Å². The van der Waals surface area contributed by atoms with Gasteiger partial charge in [-0.1, -0.05) is 32.0 Å². The summed E-state index contributed by atoms with van der Waals surface area (Å²) in [7, 11) is 3.22. The van der Waals surface area contributed by atoms with Gasteiger partial charge in [0.15, 0.2) is 0 Å². The first-order valence-electron chi connectivity index (χ1n) is 15.2. The molecule has 268 valence electrons. The summed E-state index contributed by atoms with van der Waals surface area (Å²) in [6.45, 7) is 6.32. The van der Waals surface area contributed by atoms with Crippen molar-refractivity contribution in [3.05, 3.63) is 91.9 Å². The molecule has 0 bridgehead atoms. The number of benzene rings is 2. The fourth-order valence-corrected chi connectivity index (χ4v) is 5.69. The van der Waals surface area contributed by atoms with Crippen LogP contribution in [0.3, 0.4) is 0 Å². The molecule has 49 heavy (non-hydrogen) atoms. The average molecular weight is 704 g/mol. The normalized spacial score (nSPS) is 13.6. The lowest BCUT2D eigenvalue weighted by Crippen LogP contribution is -2.41. The molecule has 0 fully saturated rings. The van der Waals surface area contributed by atoms with Crippen molar-refractivity contribution in [3.8, 4) is 11.1 Å². The lowest BCUT2D eigenvalue weighted by Gasteiger charge is -2.27. The SMILES string of the molecule is Cc1cccc(C)c1-c1cc(C(F)(F)F)c(F)c([C@H](CC(=O)O)NC(=O)C(CC(C)C)n2cc(CCN(C)C)c(C(F)(F)F)cc2=O)c1F. The van der Waals surface area contributed by atoms with Crippen molar-refractivity contribution >= 4 is 11.9 Å². The van der Waals surface area contributed by atoms with E-state index in [1.54, 1.807) is 38.9 Å². The molecule has 0 saturated carbocycles. The number of pyridine rings is 1. The second-order valence-electron chi connectivity index (χ2n) is 12.6. The first-order valence-corrected chi connectivity index (χ1v) is 15.2. The van der Waals surface area contributed by atoms with Crippen molar-refractivity contribution in [2.75, 3.05) is 20.6 Å². The Hall–Kier alpha value is -4.27. The maximum atomic E-state index is 16.3. The van der Waals surface area contributed by atoms with Crippen LogP contribution in [0.4, 0.5) is 35.1 Å². The van der Waals surface area contributed by atoms with E-state index < -0.39 is 88.1 Å². The molecule has 2 N–H and O–H groups in total. The largest absolute Gasteiger partial charge is 0.481 e. The van der Waals surface area contributed by atoms with Gasteiger partial charge in [0.05, 0.1) is 23.6 Å². The smallest absolute Gasteiger partial charge is 0.419 e. The van der Waals surface area contributed by atoms with Crippen LogP contribution in [-0.4, -0.2) is 47.1 Å². The molecule has 2 aromatic carbocycles. The number of halogens is 8. The molecule has 3 rings (SSSR count). The van der Waals surface area contributed by atoms with Gasteiger partial charge in [0.2, 0.25) is 5.91 Å². The molecule has 0 aliphatic carbocycles. The number of carbonyl (C=O) groups excluding carboxylic acids is 1. The number of nitrogens with zero attached hydrogens (tertiary/aromatic N) is 2. The summed E-state index contributed by atoms with van der Waals surface area (Å²) in [5, 5.41) is 11.8. The zero-order valence-electron chi connectivity index (χ0n) is 27.6. The molecule has 3 aromatic rings. The van der Waals surface area contributed by atoms with Crippen LogP contribution < -0.4 is 10.9 Å². The second-order valence-corrected chi connectivity index (χ2v) is 12.6. The van der Waals surface area contributed by atoms with Crippen molar-refractivity contribution in [2.24, 2.45) is 5.92 Å². The molecule has 0 radical (unpaired) electrons. The number of nitrogens with one attached hydrogen (secondary N) is 1. The summed E-state index contributed by atoms with van der Waals surface area (Å²) in [4.78, 5) is 40.5. The molecule has 7 nitrogen and oxygen atoms in total. The number of carbonyl (C=O) groups is 2. The Morgan fingerprint density at radius 2 is 1.51 bits per heavy atom. The molecule has 1 unspecified atom stereocenters. The van der Waals surface area contributed by atoms with Gasteiger partial charge in [0.25, 0.3) is 5.56 Å². The number of amides is 1. The van der Waals surface area contributed by atoms with Crippen molar-refractivity contribution in [1.29, 1.82) is 0 Å². The number of hydrogen-bond acceptors (Lipinski definition) is 4. The predicted molar refractivity (Wildman–Crippen MR) is 166 cm³/mol. The van der Waals surface area contributed by atoms with E-state index in [0.29, 0.717) is 21.8 Å². The summed E-state index contributed by atoms with van der Waals surface area (Å²) in [6.07, 6.45) is -11.1. The van der Waals surface area contributed by atoms with E-state index in [2.05, 4.69) is 5.32 Å². The zero-order chi connectivity index (χ0) is 37.2. The van der Waals surface area contributed by atoms with E-state index in [1.807, 2.05) is 0 Å². The highest BCUT2D eigenvalue weighted by Gasteiger charge is 2.41. The lowest BCUT2D eigenvalue weighted by atomic mass is 9.89. The van der Waals surface area contributed by atoms with Crippen molar-refractivity contribution in [2.45, 2.75) is 71.4 Å². The van der Waals surface area contributed by atoms with E-state index in [0.717, 1.165) is 6.20 Å². The van der Waals surface area contributed by atoms with Crippen LogP contribution in [0.25, 0.3) is 11.1 Å². The molecule has 15 heteroatoms. The van der Waals surface area contributed by atoms with E-state index in [-0.39, 0.29) is 36.6 Å². The molecular weight excluding hydrogens is 666 g/mol. The zero-order valence-corrected chi connectivity index (χ0v) is 27.6. The van der Waals surface area contributed by atoms with E-state index in [9.17, 15) is 45.8 Å². The Morgan fingerprint density at radius 3 is 2.00 bits per heavy atom. The fraction of sp³-hybridized carbons (Fsp3) is 0.441. The molecular formula is C34H37F8N3O4. The number of hydrogen-bond donors (Lipinski definition) is 2. The van der Waals surface area contributed by atoms with E-state index >= 15 is 8.78 Å². The highest BCUT2D eigenvalue weighted by Crippen LogP contribution is 2.42. The quantitative estimate of drug-likeness (QED) is 0.191. The van der Waals surface area contributed by atoms with Crippen LogP contribution in [0.15, 0.2) is 41.3 Å². The number of alkyl halides is 6. The predicted octanol–water partition coefficient (Wildman–Crippen LogP) is 7.47. The van der Waals surface area contributed by atoms with E-state index in [4.69, 9.17) is 0 Å². The van der Waals surface area contributed by atoms with Gasteiger partial charge in [-0.2, -0.15) is 26.3 Å². The first kappa shape index (κ1) is 39.2. The van der Waals surface area contributed by atoms with Gasteiger partial charge in [-0.3, -0.25) is 14.4 Å². The monoisotopic (exact) mass is 703 g/mol. The van der Waals surface area contributed by atoms with Gasteiger partial charge in [-0.05, 0) is 75.0 Å². The fourth-order valence-electron chi connectivity index (χ4n) is 5.69. The topological polar surface area (TPSA) is 91.6 Å². The van der Waals surface area contributed by atoms with Crippen LogP contribution in [-0.2, 0) is 28.4 Å². The third-order valence-electron chi connectivity index (χ3n) is 7.96. The Bertz CT molecular complexity index is 1740. The van der Waals surface area contributed by atoms with Crippen LogP contribution in [0, 0.1) is 31.4 Å². The van der Waals surface area contributed by atoms with Gasteiger partial charge >= 0.3 is 18.3 Å². The minimum Gasteiger partial charge on any atom is -0.481 e. The molecule has 1 aromatic heterocycles. The summed E-state index contributed by atoms with van der Waals surface area (Å²) >= 11 is 0. The summed E-state index contributed by atoms with van der Waals surface area (Å²) < 4.78 is 117. The molecule has 0 saturated heterocycles. The Labute approximate surface area is 277 Å². The summed E-state index contributed by atoms with van der Waals surface area (Å²) in [5.41, 5.74) is -6.14. The van der Waals surface area contributed by atoms with Gasteiger partial charge < -0.3 is 19.9 Å². The molecule has 1 heterocycles. The maximum absolute atomic E-state index is 16.3. The third kappa shape index (κ3) is 9.25. The molecule has 0 aliphatic rings. The molecule has 0 spiro atoms. The average Bonchev–Trinajstić information content (AvgIpc) is 2.94. The van der Waals surface area contributed by atoms with Crippen LogP contribution in [0.2, 0.25) is 0 Å². The molecule has 0 aliphatic heterocycles. The summed E-state index contributed by atoms with van der Waals surface area (Å²) in [5.74, 6) is -7.10. The molecule has 1 amide bonds. The number of aliphatic carboxylic acids is 1. The van der Waals surface area contributed by atoms with Gasteiger partial charge in [0, 0.05) is 29.9 Å². The first-order chi connectivity index (χ1) is 22.5. The summed E-state index contributed by atoms with van der Waals surface area (Å²) in [6, 6.07) is 1.27. The lowest BCUT2D eigenvalue weighted by molar-refractivity contribution is -0.140. The molecule has 2 atom stereocenters. The Morgan fingerprint density at radius 1 is 0.939 bits per heavy atom. The highest BCUT2D eigenvalue weighted by molar-refractivity contribution is 5.82. The van der Waals surface area contributed by atoms with Crippen molar-refractivity contribution < 1.29 is 49.8 Å². The number of aryl methyl sites for hydroxylation is 2. The Balaban J connectivity index is 2.28. The van der Waals surface area contributed by atoms with Gasteiger partial charge in [0.1, 0.15) is 17.7 Å². The van der Waals surface area contributed by atoms with Crippen LogP contribution >= 0.6 is 0 Å². The minimum atomic E-state index is -5.37. The third-order valence-corrected chi connectivity index (χ3v) is 7.96. The number of carboxylic acid groups (broad SMARTS) is 1.